The minimum absolute atomic E-state index is 0.0349. The van der Waals surface area contributed by atoms with Crippen molar-refractivity contribution in [3.63, 3.8) is 0 Å². The van der Waals surface area contributed by atoms with E-state index < -0.39 is 25.1 Å². The van der Waals surface area contributed by atoms with Crippen LogP contribution >= 0.6 is 0 Å². The Morgan fingerprint density at radius 3 is 2.17 bits per heavy atom. The summed E-state index contributed by atoms with van der Waals surface area (Å²) in [5.74, 6) is -4.10. The van der Waals surface area contributed by atoms with Gasteiger partial charge in [0.25, 0.3) is 0 Å². The highest BCUT2D eigenvalue weighted by Crippen LogP contribution is 2.27. The maximum atomic E-state index is 12.5. The number of ether oxygens (including phenoxy) is 1. The van der Waals surface area contributed by atoms with Crippen LogP contribution in [0.4, 0.5) is 17.6 Å². The van der Waals surface area contributed by atoms with Gasteiger partial charge in [-0.2, -0.15) is 8.78 Å². The Labute approximate surface area is 104 Å². The van der Waals surface area contributed by atoms with E-state index in [2.05, 4.69) is 4.74 Å². The van der Waals surface area contributed by atoms with Crippen LogP contribution in [-0.4, -0.2) is 36.8 Å². The smallest absolute Gasteiger partial charge is 0.330 e. The van der Waals surface area contributed by atoms with Crippen molar-refractivity contribution in [2.24, 2.45) is 5.92 Å². The second kappa shape index (κ2) is 7.28. The van der Waals surface area contributed by atoms with Crippen LogP contribution in [0, 0.1) is 5.92 Å². The average Bonchev–Trinajstić information content (AvgIpc) is 2.56. The van der Waals surface area contributed by atoms with Crippen molar-refractivity contribution in [3.05, 3.63) is 0 Å². The molecule has 0 aromatic heterocycles. The molecule has 18 heavy (non-hydrogen) atoms. The predicted molar refractivity (Wildman–Crippen MR) is 59.0 cm³/mol. The molecule has 1 fully saturated rings. The molecule has 1 N–H and O–H groups in total. The van der Waals surface area contributed by atoms with Crippen LogP contribution < -0.4 is 0 Å². The molecular formula is C12H20F4O2. The van der Waals surface area contributed by atoms with Gasteiger partial charge in [0, 0.05) is 0 Å². The van der Waals surface area contributed by atoms with E-state index in [0.717, 1.165) is 38.5 Å². The molecule has 108 valence electrons. The third-order valence-electron chi connectivity index (χ3n) is 3.35. The van der Waals surface area contributed by atoms with Gasteiger partial charge in [-0.05, 0) is 18.8 Å². The van der Waals surface area contributed by atoms with Crippen LogP contribution in [0.1, 0.15) is 38.5 Å². The largest absolute Gasteiger partial charge is 0.390 e. The highest BCUT2D eigenvalue weighted by molar-refractivity contribution is 4.73. The normalized spacial score (nSPS) is 21.0. The molecule has 0 aliphatic heterocycles. The zero-order valence-electron chi connectivity index (χ0n) is 10.3. The van der Waals surface area contributed by atoms with E-state index >= 15 is 0 Å². The molecule has 1 aliphatic carbocycles. The number of halogens is 4. The molecule has 0 bridgehead atoms. The topological polar surface area (TPSA) is 29.5 Å². The van der Waals surface area contributed by atoms with Crippen molar-refractivity contribution in [2.45, 2.75) is 57.0 Å². The molecule has 1 saturated carbocycles. The summed E-state index contributed by atoms with van der Waals surface area (Å²) in [5, 5.41) is 9.78. The predicted octanol–water partition coefficient (Wildman–Crippen LogP) is 3.23. The lowest BCUT2D eigenvalue weighted by Gasteiger charge is -2.22. The molecule has 0 radical (unpaired) electrons. The van der Waals surface area contributed by atoms with Crippen LogP contribution in [0.5, 0.6) is 0 Å². The third kappa shape index (κ3) is 5.10. The van der Waals surface area contributed by atoms with E-state index in [1.807, 2.05) is 0 Å². The molecule has 0 saturated heterocycles. The van der Waals surface area contributed by atoms with Crippen molar-refractivity contribution in [1.29, 1.82) is 0 Å². The molecular weight excluding hydrogens is 252 g/mol. The Kier molecular flexibility index (Phi) is 6.35. The van der Waals surface area contributed by atoms with Gasteiger partial charge >= 0.3 is 12.3 Å². The lowest BCUT2D eigenvalue weighted by atomic mass is 9.94. The monoisotopic (exact) mass is 272 g/mol. The number of aliphatic hydroxyl groups excluding tert-OH is 1. The maximum absolute atomic E-state index is 12.5. The summed E-state index contributed by atoms with van der Waals surface area (Å²) < 4.78 is 53.3. The summed E-state index contributed by atoms with van der Waals surface area (Å²) in [4.78, 5) is 0. The van der Waals surface area contributed by atoms with Gasteiger partial charge in [0.1, 0.15) is 6.61 Å². The zero-order chi connectivity index (χ0) is 13.6. The molecule has 1 atom stereocenters. The van der Waals surface area contributed by atoms with E-state index in [1.165, 1.54) is 0 Å². The first kappa shape index (κ1) is 15.7. The molecule has 1 unspecified atom stereocenters. The highest BCUT2D eigenvalue weighted by Gasteiger charge is 2.41. The molecule has 0 spiro atoms. The minimum atomic E-state index is -4.14. The molecule has 0 aromatic carbocycles. The fourth-order valence-electron chi connectivity index (χ4n) is 2.21. The number of hydrogen-bond acceptors (Lipinski definition) is 2. The summed E-state index contributed by atoms with van der Waals surface area (Å²) in [6, 6.07) is 0. The number of alkyl halides is 4. The van der Waals surface area contributed by atoms with Gasteiger partial charge in [0.15, 0.2) is 0 Å². The summed E-state index contributed by atoms with van der Waals surface area (Å²) in [6.07, 6.45) is 1.38. The van der Waals surface area contributed by atoms with Crippen LogP contribution in [0.2, 0.25) is 0 Å². The van der Waals surface area contributed by atoms with Crippen molar-refractivity contribution >= 4 is 0 Å². The van der Waals surface area contributed by atoms with E-state index in [1.54, 1.807) is 0 Å². The minimum Gasteiger partial charge on any atom is -0.390 e. The van der Waals surface area contributed by atoms with Crippen molar-refractivity contribution in [2.75, 3.05) is 13.2 Å². The number of rotatable bonds is 6. The third-order valence-corrected chi connectivity index (χ3v) is 3.35. The van der Waals surface area contributed by atoms with E-state index in [4.69, 9.17) is 0 Å². The molecule has 1 aliphatic rings. The molecule has 0 amide bonds. The van der Waals surface area contributed by atoms with E-state index in [-0.39, 0.29) is 12.5 Å². The fraction of sp³-hybridized carbons (Fsp3) is 1.00. The Balaban J connectivity index is 2.25. The number of hydrogen-bond donors (Lipinski definition) is 1. The van der Waals surface area contributed by atoms with Gasteiger partial charge in [-0.25, -0.2) is 8.78 Å². The fourth-order valence-corrected chi connectivity index (χ4v) is 2.21. The van der Waals surface area contributed by atoms with Gasteiger partial charge in [-0.3, -0.25) is 0 Å². The van der Waals surface area contributed by atoms with Crippen LogP contribution in [0.15, 0.2) is 0 Å². The molecule has 0 aromatic rings. The number of aliphatic hydroxyl groups is 1. The van der Waals surface area contributed by atoms with Gasteiger partial charge in [-0.1, -0.05) is 25.7 Å². The lowest BCUT2D eigenvalue weighted by Crippen LogP contribution is -2.35. The summed E-state index contributed by atoms with van der Waals surface area (Å²) in [7, 11) is 0. The van der Waals surface area contributed by atoms with E-state index in [0.29, 0.717) is 0 Å². The first-order valence-corrected chi connectivity index (χ1v) is 6.35. The van der Waals surface area contributed by atoms with Crippen molar-refractivity contribution < 1.29 is 27.4 Å². The lowest BCUT2D eigenvalue weighted by molar-refractivity contribution is -0.172. The molecule has 0 heterocycles. The van der Waals surface area contributed by atoms with E-state index in [9.17, 15) is 22.7 Å². The molecule has 2 nitrogen and oxygen atoms in total. The Bertz CT molecular complexity index is 228. The first-order chi connectivity index (χ1) is 8.43. The van der Waals surface area contributed by atoms with Crippen LogP contribution in [0.3, 0.4) is 0 Å². The van der Waals surface area contributed by atoms with Gasteiger partial charge < -0.3 is 9.84 Å². The first-order valence-electron chi connectivity index (χ1n) is 6.35. The second-order valence-electron chi connectivity index (χ2n) is 4.90. The Hall–Kier alpha value is -0.360. The SMILES string of the molecule is OC(COCC(F)(F)C(F)F)C1CCCCCC1. The average molecular weight is 272 g/mol. The van der Waals surface area contributed by atoms with Gasteiger partial charge in [-0.15, -0.1) is 0 Å². The quantitative estimate of drug-likeness (QED) is 0.594. The summed E-state index contributed by atoms with van der Waals surface area (Å²) >= 11 is 0. The Morgan fingerprint density at radius 1 is 1.11 bits per heavy atom. The highest BCUT2D eigenvalue weighted by atomic mass is 19.3. The zero-order valence-corrected chi connectivity index (χ0v) is 10.3. The second-order valence-corrected chi connectivity index (χ2v) is 4.90. The van der Waals surface area contributed by atoms with Crippen molar-refractivity contribution in [1.82, 2.24) is 0 Å². The molecule has 1 rings (SSSR count). The van der Waals surface area contributed by atoms with Crippen LogP contribution in [-0.2, 0) is 4.74 Å². The Morgan fingerprint density at radius 2 is 1.67 bits per heavy atom. The summed E-state index contributed by atoms with van der Waals surface area (Å²) in [6.45, 7) is -1.64. The van der Waals surface area contributed by atoms with Gasteiger partial charge in [0.05, 0.1) is 12.7 Å². The molecule has 6 heteroatoms. The summed E-state index contributed by atoms with van der Waals surface area (Å²) in [5.41, 5.74) is 0. The van der Waals surface area contributed by atoms with Crippen molar-refractivity contribution in [3.8, 4) is 0 Å². The standard InChI is InChI=1S/C12H20F4O2/c13-11(14)12(15,16)8-18-7-10(17)9-5-3-1-2-4-6-9/h9-11,17H,1-8H2. The maximum Gasteiger partial charge on any atom is 0.330 e. The van der Waals surface area contributed by atoms with Crippen LogP contribution in [0.25, 0.3) is 0 Å². The van der Waals surface area contributed by atoms with Gasteiger partial charge in [0.2, 0.25) is 0 Å².